The summed E-state index contributed by atoms with van der Waals surface area (Å²) in [4.78, 5) is 33.2. The third-order valence-corrected chi connectivity index (χ3v) is 6.07. The standard InChI is InChI=1S/C22H17F2N5O2.C5H10O.C2H6/c1-11-6-7-12(20(25)31)10-14(11)18-13-8-9-17(30)29(21(13)28-22(26-2)27-18)19-15(23)4-3-5-16(19)24;1-5-3-2-4-6-5;1-2/h3-10H,1-2H3,(H2,25,31)(H,26,27,28);5H,2-4H2,1H3;1-2H3. The van der Waals surface area contributed by atoms with E-state index in [9.17, 15) is 18.4 Å². The van der Waals surface area contributed by atoms with Gasteiger partial charge < -0.3 is 15.8 Å². The Morgan fingerprint density at radius 3 is 2.33 bits per heavy atom. The van der Waals surface area contributed by atoms with Crippen LogP contribution in [0.15, 0.2) is 53.3 Å². The van der Waals surface area contributed by atoms with Crippen LogP contribution in [0.1, 0.15) is 49.5 Å². The summed E-state index contributed by atoms with van der Waals surface area (Å²) in [6.07, 6.45) is 3.08. The van der Waals surface area contributed by atoms with Gasteiger partial charge in [-0.05, 0) is 62.6 Å². The minimum Gasteiger partial charge on any atom is -0.379 e. The number of hydrogen-bond acceptors (Lipinski definition) is 6. The molecule has 206 valence electrons. The van der Waals surface area contributed by atoms with Crippen LogP contribution in [0, 0.1) is 18.6 Å². The molecular weight excluding hydrogens is 504 g/mol. The minimum absolute atomic E-state index is 0.00901. The fourth-order valence-corrected chi connectivity index (χ4v) is 4.12. The molecule has 1 fully saturated rings. The second kappa shape index (κ2) is 13.1. The van der Waals surface area contributed by atoms with E-state index in [1.165, 1.54) is 31.0 Å². The number of anilines is 1. The lowest BCUT2D eigenvalue weighted by Gasteiger charge is -2.15. The number of rotatable bonds is 4. The van der Waals surface area contributed by atoms with Crippen molar-refractivity contribution in [3.8, 4) is 16.9 Å². The van der Waals surface area contributed by atoms with Crippen LogP contribution in [-0.4, -0.2) is 40.2 Å². The summed E-state index contributed by atoms with van der Waals surface area (Å²) < 4.78 is 35.1. The summed E-state index contributed by atoms with van der Waals surface area (Å²) in [7, 11) is 1.58. The summed E-state index contributed by atoms with van der Waals surface area (Å²) in [5.41, 5.74) is 6.23. The highest BCUT2D eigenvalue weighted by Crippen LogP contribution is 2.31. The molecule has 0 aliphatic carbocycles. The van der Waals surface area contributed by atoms with Crippen LogP contribution in [0.3, 0.4) is 0 Å². The number of ether oxygens (including phenoxy) is 1. The minimum atomic E-state index is -0.910. The highest BCUT2D eigenvalue weighted by atomic mass is 19.1. The fourth-order valence-electron chi connectivity index (χ4n) is 4.12. The van der Waals surface area contributed by atoms with Crippen molar-refractivity contribution in [1.82, 2.24) is 14.5 Å². The molecule has 4 aromatic rings. The number of aromatic nitrogens is 3. The molecule has 0 saturated carbocycles. The number of carbonyl (C=O) groups is 1. The van der Waals surface area contributed by atoms with E-state index >= 15 is 0 Å². The maximum absolute atomic E-state index is 14.5. The molecule has 1 aliphatic heterocycles. The Balaban J connectivity index is 0.000000457. The van der Waals surface area contributed by atoms with Crippen LogP contribution < -0.4 is 16.6 Å². The first-order valence-corrected chi connectivity index (χ1v) is 12.8. The van der Waals surface area contributed by atoms with Crippen LogP contribution >= 0.6 is 0 Å². The Labute approximate surface area is 225 Å². The van der Waals surface area contributed by atoms with E-state index in [1.807, 2.05) is 20.8 Å². The number of fused-ring (bicyclic) bond motifs is 1. The molecule has 0 bridgehead atoms. The van der Waals surface area contributed by atoms with E-state index in [2.05, 4.69) is 22.2 Å². The largest absolute Gasteiger partial charge is 0.379 e. The lowest BCUT2D eigenvalue weighted by molar-refractivity contribution is 0.1000. The number of primary amides is 1. The van der Waals surface area contributed by atoms with Crippen LogP contribution in [0.4, 0.5) is 14.7 Å². The smallest absolute Gasteiger partial charge is 0.256 e. The third kappa shape index (κ3) is 6.46. The first-order chi connectivity index (χ1) is 18.7. The van der Waals surface area contributed by atoms with E-state index in [0.717, 1.165) is 28.9 Å². The molecule has 10 heteroatoms. The Hall–Kier alpha value is -4.18. The molecule has 2 aromatic carbocycles. The highest BCUT2D eigenvalue weighted by molar-refractivity contribution is 5.97. The molecule has 3 heterocycles. The molecule has 8 nitrogen and oxygen atoms in total. The van der Waals surface area contributed by atoms with E-state index in [1.54, 1.807) is 25.2 Å². The molecule has 1 saturated heterocycles. The molecule has 3 N–H and O–H groups in total. The van der Waals surface area contributed by atoms with E-state index in [0.29, 0.717) is 22.7 Å². The lowest BCUT2D eigenvalue weighted by atomic mass is 9.99. The van der Waals surface area contributed by atoms with Crippen LogP contribution in [0.25, 0.3) is 28.0 Å². The van der Waals surface area contributed by atoms with Gasteiger partial charge in [0.15, 0.2) is 5.65 Å². The normalized spacial score (nSPS) is 14.2. The second-order valence-corrected chi connectivity index (χ2v) is 8.68. The van der Waals surface area contributed by atoms with Crippen molar-refractivity contribution in [3.63, 3.8) is 0 Å². The monoisotopic (exact) mass is 537 g/mol. The predicted octanol–water partition coefficient (Wildman–Crippen LogP) is 5.39. The van der Waals surface area contributed by atoms with Gasteiger partial charge in [0, 0.05) is 36.2 Å². The number of pyridine rings is 1. The van der Waals surface area contributed by atoms with E-state index in [4.69, 9.17) is 10.5 Å². The Kier molecular flexibility index (Phi) is 9.84. The van der Waals surface area contributed by atoms with Gasteiger partial charge in [0.05, 0.1) is 11.8 Å². The quantitative estimate of drug-likeness (QED) is 0.361. The van der Waals surface area contributed by atoms with Gasteiger partial charge in [-0.2, -0.15) is 4.98 Å². The first kappa shape index (κ1) is 29.4. The van der Waals surface area contributed by atoms with Gasteiger partial charge in [-0.25, -0.2) is 13.8 Å². The average Bonchev–Trinajstić information content (AvgIpc) is 3.41. The van der Waals surface area contributed by atoms with Crippen LogP contribution in [-0.2, 0) is 4.74 Å². The molecule has 5 rings (SSSR count). The first-order valence-electron chi connectivity index (χ1n) is 12.8. The average molecular weight is 538 g/mol. The summed E-state index contributed by atoms with van der Waals surface area (Å²) in [6.45, 7) is 8.92. The molecule has 39 heavy (non-hydrogen) atoms. The molecule has 2 aromatic heterocycles. The van der Waals surface area contributed by atoms with Crippen LogP contribution in [0.2, 0.25) is 0 Å². The number of benzene rings is 2. The zero-order valence-electron chi connectivity index (χ0n) is 22.7. The summed E-state index contributed by atoms with van der Waals surface area (Å²) >= 11 is 0. The van der Waals surface area contributed by atoms with Gasteiger partial charge in [-0.3, -0.25) is 14.2 Å². The summed E-state index contributed by atoms with van der Waals surface area (Å²) in [5, 5.41) is 3.16. The number of nitrogens with one attached hydrogen (secondary N) is 1. The maximum Gasteiger partial charge on any atom is 0.256 e. The van der Waals surface area contributed by atoms with E-state index in [-0.39, 0.29) is 17.2 Å². The fraction of sp³-hybridized carbons (Fsp3) is 0.310. The Bertz CT molecular complexity index is 1510. The number of nitrogens with two attached hydrogens (primary N) is 1. The third-order valence-electron chi connectivity index (χ3n) is 6.07. The van der Waals surface area contributed by atoms with Crippen molar-refractivity contribution < 1.29 is 18.3 Å². The van der Waals surface area contributed by atoms with Gasteiger partial charge in [-0.15, -0.1) is 0 Å². The van der Waals surface area contributed by atoms with Crippen molar-refractivity contribution in [3.05, 3.63) is 81.6 Å². The number of aryl methyl sites for hydroxylation is 1. The zero-order valence-corrected chi connectivity index (χ0v) is 22.7. The molecule has 1 aliphatic rings. The topological polar surface area (TPSA) is 112 Å². The highest BCUT2D eigenvalue weighted by Gasteiger charge is 2.20. The van der Waals surface area contributed by atoms with Crippen molar-refractivity contribution in [2.45, 2.75) is 46.6 Å². The van der Waals surface area contributed by atoms with Crippen molar-refractivity contribution >= 4 is 22.9 Å². The van der Waals surface area contributed by atoms with Gasteiger partial charge >= 0.3 is 0 Å². The molecule has 0 radical (unpaired) electrons. The number of para-hydroxylation sites is 1. The van der Waals surface area contributed by atoms with Crippen molar-refractivity contribution in [1.29, 1.82) is 0 Å². The Morgan fingerprint density at radius 2 is 1.79 bits per heavy atom. The molecule has 0 spiro atoms. The summed E-state index contributed by atoms with van der Waals surface area (Å²) in [5.74, 6) is -2.30. The molecule has 1 amide bonds. The Morgan fingerprint density at radius 1 is 1.10 bits per heavy atom. The van der Waals surface area contributed by atoms with Gasteiger partial charge in [0.25, 0.3) is 5.56 Å². The summed E-state index contributed by atoms with van der Waals surface area (Å²) in [6, 6.07) is 10.9. The SMILES string of the molecule is CC.CC1CCCO1.CNc1nc(-c2cc(C(N)=O)ccc2C)c2ccc(=O)n(-c3c(F)cccc3F)c2n1. The van der Waals surface area contributed by atoms with Gasteiger partial charge in [0.1, 0.15) is 17.3 Å². The number of amides is 1. The second-order valence-electron chi connectivity index (χ2n) is 8.68. The molecule has 1 atom stereocenters. The van der Waals surface area contributed by atoms with Crippen LogP contribution in [0.5, 0.6) is 0 Å². The van der Waals surface area contributed by atoms with Crippen molar-refractivity contribution in [2.75, 3.05) is 19.0 Å². The van der Waals surface area contributed by atoms with E-state index < -0.39 is 28.8 Å². The predicted molar refractivity (Wildman–Crippen MR) is 149 cm³/mol. The number of halogens is 2. The molecule has 1 unspecified atom stereocenters. The number of hydrogen-bond donors (Lipinski definition) is 2. The van der Waals surface area contributed by atoms with Crippen molar-refractivity contribution in [2.24, 2.45) is 5.73 Å². The number of carbonyl (C=O) groups excluding carboxylic acids is 1. The maximum atomic E-state index is 14.5. The number of nitrogens with zero attached hydrogens (tertiary/aromatic N) is 3. The van der Waals surface area contributed by atoms with Gasteiger partial charge in [-0.1, -0.05) is 26.0 Å². The van der Waals surface area contributed by atoms with Gasteiger partial charge in [0.2, 0.25) is 11.9 Å². The zero-order chi connectivity index (χ0) is 28.7. The lowest BCUT2D eigenvalue weighted by Crippen LogP contribution is -2.21. The molecular formula is C29H33F2N5O3.